The number of amides is 3. The Hall–Kier alpha value is -1.47. The van der Waals surface area contributed by atoms with Crippen LogP contribution in [-0.2, 0) is 11.3 Å². The van der Waals surface area contributed by atoms with E-state index in [2.05, 4.69) is 15.3 Å². The zero-order valence-corrected chi connectivity index (χ0v) is 13.4. The summed E-state index contributed by atoms with van der Waals surface area (Å²) in [5.74, 6) is -0.0563. The number of hydrogen-bond acceptors (Lipinski definition) is 5. The molecule has 0 radical (unpaired) electrons. The first-order valence-electron chi connectivity index (χ1n) is 7.13. The van der Waals surface area contributed by atoms with Crippen LogP contribution in [0.4, 0.5) is 4.79 Å². The first-order valence-corrected chi connectivity index (χ1v) is 8.01. The average Bonchev–Trinajstić information content (AvgIpc) is 2.95. The number of likely N-dealkylation sites (N-methyl/N-ethyl adjacent to an activating group) is 2. The highest BCUT2D eigenvalue weighted by molar-refractivity contribution is 7.09. The first kappa shape index (κ1) is 14.5. The summed E-state index contributed by atoms with van der Waals surface area (Å²) in [5, 5.41) is 3.17. The summed E-state index contributed by atoms with van der Waals surface area (Å²) in [6, 6.07) is -0.191. The summed E-state index contributed by atoms with van der Waals surface area (Å²) in [6.07, 6.45) is 1.39. The molecule has 2 fully saturated rings. The summed E-state index contributed by atoms with van der Waals surface area (Å²) in [5.41, 5.74) is 0.466. The van der Waals surface area contributed by atoms with Crippen molar-refractivity contribution in [3.05, 3.63) is 16.1 Å². The molecule has 7 heteroatoms. The number of imide groups is 1. The number of aryl methyl sites for hydroxylation is 1. The second-order valence-electron chi connectivity index (χ2n) is 5.87. The third-order valence-electron chi connectivity index (χ3n) is 4.65. The van der Waals surface area contributed by atoms with Gasteiger partial charge in [-0.25, -0.2) is 9.78 Å². The minimum absolute atomic E-state index is 0.0563. The molecule has 1 aromatic heterocycles. The molecule has 6 nitrogen and oxygen atoms in total. The van der Waals surface area contributed by atoms with E-state index < -0.39 is 5.54 Å². The van der Waals surface area contributed by atoms with Crippen molar-refractivity contribution in [2.24, 2.45) is 0 Å². The number of carbonyl (C=O) groups excluding carboxylic acids is 2. The van der Waals surface area contributed by atoms with Gasteiger partial charge in [0.25, 0.3) is 5.91 Å². The van der Waals surface area contributed by atoms with Gasteiger partial charge in [0.05, 0.1) is 10.7 Å². The molecule has 21 heavy (non-hydrogen) atoms. The molecule has 114 valence electrons. The summed E-state index contributed by atoms with van der Waals surface area (Å²) in [4.78, 5) is 34.0. The number of carbonyl (C=O) groups is 2. The van der Waals surface area contributed by atoms with Crippen molar-refractivity contribution in [2.75, 3.05) is 27.2 Å². The smallest absolute Gasteiger partial charge is 0.312 e. The lowest BCUT2D eigenvalue weighted by atomic mass is 9.86. The molecule has 0 aromatic carbocycles. The van der Waals surface area contributed by atoms with E-state index in [9.17, 15) is 9.59 Å². The van der Waals surface area contributed by atoms with Gasteiger partial charge in [0, 0.05) is 39.1 Å². The Morgan fingerprint density at radius 1 is 1.29 bits per heavy atom. The predicted molar refractivity (Wildman–Crippen MR) is 80.0 cm³/mol. The molecule has 2 saturated heterocycles. The lowest BCUT2D eigenvalue weighted by molar-refractivity contribution is -0.134. The standard InChI is InChI=1S/C14H20N4O2S/c1-10-15-11(9-21-10)8-18-6-4-14(5-7-18)12(19)16(2)13(20)17(14)3/h9H,4-8H2,1-3H3. The Bertz CT molecular complexity index is 577. The van der Waals surface area contributed by atoms with Crippen LogP contribution in [0.5, 0.6) is 0 Å². The highest BCUT2D eigenvalue weighted by atomic mass is 32.1. The Balaban J connectivity index is 1.67. The maximum atomic E-state index is 12.4. The number of aromatic nitrogens is 1. The summed E-state index contributed by atoms with van der Waals surface area (Å²) in [7, 11) is 3.31. The fourth-order valence-electron chi connectivity index (χ4n) is 3.29. The molecule has 0 bridgehead atoms. The molecule has 0 aliphatic carbocycles. The molecular weight excluding hydrogens is 288 g/mol. The fraction of sp³-hybridized carbons (Fsp3) is 0.643. The maximum Gasteiger partial charge on any atom is 0.327 e. The van der Waals surface area contributed by atoms with Crippen molar-refractivity contribution >= 4 is 23.3 Å². The third-order valence-corrected chi connectivity index (χ3v) is 5.48. The van der Waals surface area contributed by atoms with Crippen LogP contribution in [0.15, 0.2) is 5.38 Å². The predicted octanol–water partition coefficient (Wildman–Crippen LogP) is 1.31. The van der Waals surface area contributed by atoms with Crippen LogP contribution >= 0.6 is 11.3 Å². The van der Waals surface area contributed by atoms with Crippen molar-refractivity contribution in [2.45, 2.75) is 31.8 Å². The Morgan fingerprint density at radius 2 is 1.95 bits per heavy atom. The zero-order chi connectivity index (χ0) is 15.2. The summed E-state index contributed by atoms with van der Waals surface area (Å²) in [6.45, 7) is 4.45. The second kappa shape index (κ2) is 5.06. The molecule has 0 N–H and O–H groups in total. The van der Waals surface area contributed by atoms with E-state index in [1.807, 2.05) is 6.92 Å². The van der Waals surface area contributed by atoms with Gasteiger partial charge in [0.1, 0.15) is 5.54 Å². The van der Waals surface area contributed by atoms with Crippen molar-refractivity contribution in [3.63, 3.8) is 0 Å². The van der Waals surface area contributed by atoms with Crippen molar-refractivity contribution < 1.29 is 9.59 Å². The largest absolute Gasteiger partial charge is 0.327 e. The average molecular weight is 308 g/mol. The number of hydrogen-bond donors (Lipinski definition) is 0. The molecule has 3 heterocycles. The van der Waals surface area contributed by atoms with Gasteiger partial charge < -0.3 is 4.90 Å². The molecule has 0 atom stereocenters. The molecular formula is C14H20N4O2S. The molecule has 2 aliphatic rings. The van der Waals surface area contributed by atoms with Crippen LogP contribution in [0.2, 0.25) is 0 Å². The van der Waals surface area contributed by atoms with Gasteiger partial charge in [-0.15, -0.1) is 11.3 Å². The SMILES string of the molecule is Cc1nc(CN2CCC3(CC2)C(=O)N(C)C(=O)N3C)cs1. The van der Waals surface area contributed by atoms with Gasteiger partial charge in [-0.2, -0.15) is 0 Å². The van der Waals surface area contributed by atoms with Crippen molar-refractivity contribution in [3.8, 4) is 0 Å². The van der Waals surface area contributed by atoms with Crippen LogP contribution in [0.1, 0.15) is 23.5 Å². The Morgan fingerprint density at radius 3 is 2.43 bits per heavy atom. The normalized spacial score (nSPS) is 22.6. The van der Waals surface area contributed by atoms with E-state index in [1.54, 1.807) is 30.3 Å². The maximum absolute atomic E-state index is 12.4. The number of nitrogens with zero attached hydrogens (tertiary/aromatic N) is 4. The van der Waals surface area contributed by atoms with E-state index in [0.29, 0.717) is 12.8 Å². The first-order chi connectivity index (χ1) is 9.94. The minimum Gasteiger partial charge on any atom is -0.312 e. The van der Waals surface area contributed by atoms with Gasteiger partial charge in [-0.05, 0) is 19.8 Å². The molecule has 1 spiro atoms. The van der Waals surface area contributed by atoms with Crippen LogP contribution in [0, 0.1) is 6.92 Å². The van der Waals surface area contributed by atoms with Crippen molar-refractivity contribution in [1.29, 1.82) is 0 Å². The lowest BCUT2D eigenvalue weighted by Gasteiger charge is -2.40. The highest BCUT2D eigenvalue weighted by Crippen LogP contribution is 2.35. The minimum atomic E-state index is -0.625. The van der Waals surface area contributed by atoms with Crippen LogP contribution in [0.3, 0.4) is 0 Å². The van der Waals surface area contributed by atoms with Gasteiger partial charge >= 0.3 is 6.03 Å². The van der Waals surface area contributed by atoms with E-state index >= 15 is 0 Å². The zero-order valence-electron chi connectivity index (χ0n) is 12.6. The molecule has 3 amide bonds. The molecule has 2 aliphatic heterocycles. The number of rotatable bonds is 2. The summed E-state index contributed by atoms with van der Waals surface area (Å²) < 4.78 is 0. The molecule has 0 saturated carbocycles. The Labute approximate surface area is 128 Å². The van der Waals surface area contributed by atoms with Gasteiger partial charge in [0.2, 0.25) is 0 Å². The van der Waals surface area contributed by atoms with Crippen LogP contribution in [0.25, 0.3) is 0 Å². The number of thiazole rings is 1. The van der Waals surface area contributed by atoms with E-state index in [1.165, 1.54) is 4.90 Å². The van der Waals surface area contributed by atoms with Gasteiger partial charge in [0.15, 0.2) is 0 Å². The van der Waals surface area contributed by atoms with E-state index in [0.717, 1.165) is 30.3 Å². The van der Waals surface area contributed by atoms with Gasteiger partial charge in [-0.3, -0.25) is 14.6 Å². The monoisotopic (exact) mass is 308 g/mol. The number of piperidine rings is 1. The molecule has 3 rings (SSSR count). The van der Waals surface area contributed by atoms with E-state index in [4.69, 9.17) is 0 Å². The quantitative estimate of drug-likeness (QED) is 0.773. The van der Waals surface area contributed by atoms with Crippen molar-refractivity contribution in [1.82, 2.24) is 19.7 Å². The van der Waals surface area contributed by atoms with Gasteiger partial charge in [-0.1, -0.05) is 0 Å². The number of likely N-dealkylation sites (tertiary alicyclic amines) is 1. The molecule has 1 aromatic rings. The topological polar surface area (TPSA) is 56.8 Å². The van der Waals surface area contributed by atoms with Crippen LogP contribution < -0.4 is 0 Å². The van der Waals surface area contributed by atoms with Crippen LogP contribution in [-0.4, -0.2) is 64.3 Å². The summed E-state index contributed by atoms with van der Waals surface area (Å²) >= 11 is 1.66. The fourth-order valence-corrected chi connectivity index (χ4v) is 3.89. The highest BCUT2D eigenvalue weighted by Gasteiger charge is 2.55. The molecule has 0 unspecified atom stereocenters. The third kappa shape index (κ3) is 2.24. The second-order valence-corrected chi connectivity index (χ2v) is 6.93. The Kier molecular flexibility index (Phi) is 3.49. The van der Waals surface area contributed by atoms with E-state index in [-0.39, 0.29) is 11.9 Å². The number of urea groups is 1. The lowest BCUT2D eigenvalue weighted by Crippen LogP contribution is -2.55.